The van der Waals surface area contributed by atoms with E-state index in [0.29, 0.717) is 12.3 Å². The van der Waals surface area contributed by atoms with Gasteiger partial charge in [0, 0.05) is 18.5 Å². The number of nitrogens with zero attached hydrogens (tertiary/aromatic N) is 1. The number of likely N-dealkylation sites (tertiary alicyclic amines) is 1. The third kappa shape index (κ3) is 2.95. The molecule has 4 atom stereocenters. The van der Waals surface area contributed by atoms with Crippen LogP contribution in [-0.2, 0) is 9.59 Å². The van der Waals surface area contributed by atoms with E-state index in [1.54, 1.807) is 0 Å². The predicted octanol–water partition coefficient (Wildman–Crippen LogP) is 2.91. The zero-order valence-corrected chi connectivity index (χ0v) is 13.0. The first-order chi connectivity index (χ1) is 10.1. The normalized spacial score (nSPS) is 37.3. The Morgan fingerprint density at radius 3 is 2.38 bits per heavy atom. The van der Waals surface area contributed by atoms with Gasteiger partial charge in [0.05, 0.1) is 5.92 Å². The van der Waals surface area contributed by atoms with Crippen LogP contribution in [0.4, 0.5) is 0 Å². The minimum absolute atomic E-state index is 0.142. The number of carboxylic acid groups (broad SMARTS) is 1. The number of rotatable bonds is 3. The van der Waals surface area contributed by atoms with Crippen molar-refractivity contribution < 1.29 is 14.7 Å². The van der Waals surface area contributed by atoms with Gasteiger partial charge in [-0.2, -0.15) is 0 Å². The second-order valence-corrected chi connectivity index (χ2v) is 7.26. The van der Waals surface area contributed by atoms with Gasteiger partial charge in [-0.15, -0.1) is 0 Å². The van der Waals surface area contributed by atoms with Gasteiger partial charge in [0.15, 0.2) is 0 Å². The van der Waals surface area contributed by atoms with Crippen molar-refractivity contribution in [2.75, 3.05) is 6.54 Å². The summed E-state index contributed by atoms with van der Waals surface area (Å²) >= 11 is 0. The van der Waals surface area contributed by atoms with E-state index >= 15 is 0 Å². The van der Waals surface area contributed by atoms with Gasteiger partial charge in [0.25, 0.3) is 0 Å². The Labute approximate surface area is 126 Å². The summed E-state index contributed by atoms with van der Waals surface area (Å²) in [5, 5.41) is 9.28. The Morgan fingerprint density at radius 1 is 1.00 bits per heavy atom. The molecule has 2 unspecified atom stereocenters. The van der Waals surface area contributed by atoms with Crippen molar-refractivity contribution in [3.8, 4) is 0 Å². The fourth-order valence-corrected chi connectivity index (χ4v) is 4.58. The van der Waals surface area contributed by atoms with Crippen LogP contribution in [0.2, 0.25) is 0 Å². The van der Waals surface area contributed by atoms with Gasteiger partial charge >= 0.3 is 5.97 Å². The predicted molar refractivity (Wildman–Crippen MR) is 79.7 cm³/mol. The van der Waals surface area contributed by atoms with Crippen LogP contribution in [0.1, 0.15) is 58.3 Å². The van der Waals surface area contributed by atoms with Crippen molar-refractivity contribution in [1.82, 2.24) is 4.90 Å². The lowest BCUT2D eigenvalue weighted by Crippen LogP contribution is -2.49. The number of carbonyl (C=O) groups excluding carboxylic acids is 1. The van der Waals surface area contributed by atoms with Crippen LogP contribution in [0.3, 0.4) is 0 Å². The summed E-state index contributed by atoms with van der Waals surface area (Å²) in [7, 11) is 0. The van der Waals surface area contributed by atoms with Crippen LogP contribution >= 0.6 is 0 Å². The Kier molecular flexibility index (Phi) is 4.23. The number of piperidine rings is 1. The molecular weight excluding hydrogens is 266 g/mol. The lowest BCUT2D eigenvalue weighted by atomic mass is 9.84. The highest BCUT2D eigenvalue weighted by Crippen LogP contribution is 2.50. The molecule has 4 nitrogen and oxygen atoms in total. The summed E-state index contributed by atoms with van der Waals surface area (Å²) in [4.78, 5) is 25.9. The van der Waals surface area contributed by atoms with Crippen LogP contribution in [0.5, 0.6) is 0 Å². The summed E-state index contributed by atoms with van der Waals surface area (Å²) < 4.78 is 0. The largest absolute Gasteiger partial charge is 0.481 e. The summed E-state index contributed by atoms with van der Waals surface area (Å²) in [5.41, 5.74) is 0. The molecule has 0 aromatic rings. The fourth-order valence-electron chi connectivity index (χ4n) is 4.58. The van der Waals surface area contributed by atoms with Gasteiger partial charge in [0.2, 0.25) is 5.91 Å². The highest BCUT2D eigenvalue weighted by atomic mass is 16.4. The molecular formula is C17H27NO3. The lowest BCUT2D eigenvalue weighted by Gasteiger charge is -2.38. The minimum atomic E-state index is -0.750. The van der Waals surface area contributed by atoms with E-state index in [9.17, 15) is 14.7 Å². The number of hydrogen-bond acceptors (Lipinski definition) is 2. The molecule has 0 aromatic carbocycles. The van der Waals surface area contributed by atoms with Crippen LogP contribution < -0.4 is 0 Å². The molecule has 3 fully saturated rings. The number of carboxylic acids is 1. The SMILES string of the molecule is C[C@@H]1[C@H](C(=O)O)CCCN1C(=O)C1CC1C1CCCCC1. The van der Waals surface area contributed by atoms with E-state index in [2.05, 4.69) is 0 Å². The highest BCUT2D eigenvalue weighted by molar-refractivity contribution is 5.83. The van der Waals surface area contributed by atoms with Gasteiger partial charge in [-0.25, -0.2) is 0 Å². The number of amides is 1. The Balaban J connectivity index is 1.59. The molecule has 21 heavy (non-hydrogen) atoms. The standard InChI is InChI=1S/C17H27NO3/c1-11-13(17(20)21)8-5-9-18(11)16(19)15-10-14(15)12-6-3-2-4-7-12/h11-15H,2-10H2,1H3,(H,20,21)/t11-,13-,14?,15?/m1/s1. The molecule has 1 N–H and O–H groups in total. The van der Waals surface area contributed by atoms with Crippen LogP contribution in [0.25, 0.3) is 0 Å². The third-order valence-corrected chi connectivity index (χ3v) is 6.00. The minimum Gasteiger partial charge on any atom is -0.481 e. The number of hydrogen-bond donors (Lipinski definition) is 1. The molecule has 3 rings (SSSR count). The molecule has 0 aromatic heterocycles. The summed E-state index contributed by atoms with van der Waals surface area (Å²) in [5.74, 6) is 0.652. The summed E-state index contributed by atoms with van der Waals surface area (Å²) in [6.07, 6.45) is 9.16. The summed E-state index contributed by atoms with van der Waals surface area (Å²) in [6.45, 7) is 2.66. The van der Waals surface area contributed by atoms with Crippen molar-refractivity contribution in [2.45, 2.75) is 64.3 Å². The lowest BCUT2D eigenvalue weighted by molar-refractivity contribution is -0.149. The quantitative estimate of drug-likeness (QED) is 0.870. The third-order valence-electron chi connectivity index (χ3n) is 6.00. The maximum Gasteiger partial charge on any atom is 0.308 e. The van der Waals surface area contributed by atoms with Gasteiger partial charge < -0.3 is 10.0 Å². The molecule has 1 saturated heterocycles. The Bertz CT molecular complexity index is 416. The van der Waals surface area contributed by atoms with Crippen LogP contribution in [0.15, 0.2) is 0 Å². The van der Waals surface area contributed by atoms with Crippen molar-refractivity contribution in [2.24, 2.45) is 23.7 Å². The van der Waals surface area contributed by atoms with Crippen molar-refractivity contribution in [1.29, 1.82) is 0 Å². The van der Waals surface area contributed by atoms with Crippen molar-refractivity contribution in [3.63, 3.8) is 0 Å². The zero-order chi connectivity index (χ0) is 15.0. The summed E-state index contributed by atoms with van der Waals surface area (Å²) in [6, 6.07) is -0.142. The zero-order valence-electron chi connectivity index (χ0n) is 13.0. The van der Waals surface area contributed by atoms with Gasteiger partial charge in [-0.3, -0.25) is 9.59 Å². The molecule has 1 aliphatic heterocycles. The van der Waals surface area contributed by atoms with Gasteiger partial charge in [0.1, 0.15) is 0 Å². The van der Waals surface area contributed by atoms with E-state index < -0.39 is 5.97 Å². The van der Waals surface area contributed by atoms with E-state index in [4.69, 9.17) is 0 Å². The smallest absolute Gasteiger partial charge is 0.308 e. The average molecular weight is 293 g/mol. The van der Waals surface area contributed by atoms with Crippen LogP contribution in [0, 0.1) is 23.7 Å². The maximum atomic E-state index is 12.7. The second-order valence-electron chi connectivity index (χ2n) is 7.26. The Morgan fingerprint density at radius 2 is 1.71 bits per heavy atom. The molecule has 0 radical (unpaired) electrons. The van der Waals surface area contributed by atoms with Gasteiger partial charge in [-0.1, -0.05) is 32.1 Å². The molecule has 1 heterocycles. The van der Waals surface area contributed by atoms with Gasteiger partial charge in [-0.05, 0) is 38.0 Å². The molecule has 3 aliphatic rings. The first-order valence-electron chi connectivity index (χ1n) is 8.63. The first kappa shape index (κ1) is 14.9. The molecule has 2 aliphatic carbocycles. The second kappa shape index (κ2) is 5.98. The van der Waals surface area contributed by atoms with E-state index in [0.717, 1.165) is 25.3 Å². The number of aliphatic carboxylic acids is 1. The van der Waals surface area contributed by atoms with E-state index in [-0.39, 0.29) is 23.8 Å². The molecule has 4 heteroatoms. The number of carbonyl (C=O) groups is 2. The maximum absolute atomic E-state index is 12.7. The molecule has 2 saturated carbocycles. The molecule has 0 spiro atoms. The van der Waals surface area contributed by atoms with Crippen molar-refractivity contribution in [3.05, 3.63) is 0 Å². The van der Waals surface area contributed by atoms with E-state index in [1.165, 1.54) is 32.1 Å². The fraction of sp³-hybridized carbons (Fsp3) is 0.882. The van der Waals surface area contributed by atoms with E-state index in [1.807, 2.05) is 11.8 Å². The monoisotopic (exact) mass is 293 g/mol. The molecule has 118 valence electrons. The average Bonchev–Trinajstić information content (AvgIpc) is 3.28. The topological polar surface area (TPSA) is 57.6 Å². The highest BCUT2D eigenvalue weighted by Gasteiger charge is 2.50. The molecule has 1 amide bonds. The van der Waals surface area contributed by atoms with Crippen LogP contribution in [-0.4, -0.2) is 34.5 Å². The molecule has 0 bridgehead atoms. The Hall–Kier alpha value is -1.06. The first-order valence-corrected chi connectivity index (χ1v) is 8.63. The van der Waals surface area contributed by atoms with Crippen molar-refractivity contribution >= 4 is 11.9 Å².